The van der Waals surface area contributed by atoms with Gasteiger partial charge in [-0.1, -0.05) is 166 Å². The Morgan fingerprint density at radius 2 is 0.885 bits per heavy atom. The zero-order chi connectivity index (χ0) is 45.0. The van der Waals surface area contributed by atoms with Crippen LogP contribution >= 0.6 is 7.82 Å². The number of aliphatic hydroxyl groups is 5. The smallest absolute Gasteiger partial charge is 0.462 e. The molecule has 0 bridgehead atoms. The van der Waals surface area contributed by atoms with E-state index in [0.29, 0.717) is 12.8 Å². The van der Waals surface area contributed by atoms with E-state index >= 15 is 0 Å². The standard InChI is InChI=1S/C47H85O13P/c1-3-5-7-9-11-13-15-17-18-19-20-21-22-24-25-27-29-31-33-35-40(48)57-37-39(38-58-61(55,56)60-47-45(53)43(51)42(50)44(52)46(47)54)59-41(49)36-34-32-30-28-26-23-16-14-12-10-8-6-4-2/h11,13,17-18,20-21,39,42-47,50-54H,3-10,12,14-16,19,22-38H2,1-2H3,(H,55,56)/b13-11-,18-17-,21-20-/t39-,42?,43-,44+,45-,46-,47?/m1/s1. The summed E-state index contributed by atoms with van der Waals surface area (Å²) in [5.41, 5.74) is 0. The number of ether oxygens (including phenoxy) is 2. The van der Waals surface area contributed by atoms with Gasteiger partial charge in [0, 0.05) is 12.8 Å². The molecule has 13 nitrogen and oxygen atoms in total. The van der Waals surface area contributed by atoms with E-state index in [2.05, 4.69) is 50.3 Å². The van der Waals surface area contributed by atoms with Crippen molar-refractivity contribution in [2.45, 2.75) is 236 Å². The SMILES string of the molecule is CCCCC/C=C\C/C=C\C/C=C\CCCCCCCCC(=O)OC[C@H](COP(=O)(O)OC1[C@H](O)[C@H](O)C(O)[C@H](O)[C@H]1O)OC(=O)CCCCCCCCCCCCCCC. The van der Waals surface area contributed by atoms with Crippen LogP contribution in [0.5, 0.6) is 0 Å². The molecule has 3 unspecified atom stereocenters. The summed E-state index contributed by atoms with van der Waals surface area (Å²) < 4.78 is 33.5. The number of phosphoric ester groups is 1. The zero-order valence-corrected chi connectivity index (χ0v) is 38.6. The predicted molar refractivity (Wildman–Crippen MR) is 240 cm³/mol. The van der Waals surface area contributed by atoms with Gasteiger partial charge in [-0.2, -0.15) is 0 Å². The Bertz CT molecular complexity index is 1210. The summed E-state index contributed by atoms with van der Waals surface area (Å²) in [4.78, 5) is 35.7. The predicted octanol–water partition coefficient (Wildman–Crippen LogP) is 9.39. The molecule has 0 aromatic heterocycles. The molecule has 0 spiro atoms. The third kappa shape index (κ3) is 30.0. The van der Waals surface area contributed by atoms with Crippen LogP contribution in [0, 0.1) is 0 Å². The lowest BCUT2D eigenvalue weighted by Crippen LogP contribution is -2.64. The number of aliphatic hydroxyl groups excluding tert-OH is 5. The van der Waals surface area contributed by atoms with Crippen LogP contribution in [0.3, 0.4) is 0 Å². The number of rotatable bonds is 39. The van der Waals surface area contributed by atoms with Crippen LogP contribution in [0.25, 0.3) is 0 Å². The molecule has 0 radical (unpaired) electrons. The molecule has 1 aliphatic rings. The summed E-state index contributed by atoms with van der Waals surface area (Å²) in [5.74, 6) is -1.11. The first kappa shape index (κ1) is 57.1. The molecule has 356 valence electrons. The monoisotopic (exact) mass is 889 g/mol. The molecule has 1 rings (SSSR count). The third-order valence-electron chi connectivity index (χ3n) is 11.0. The van der Waals surface area contributed by atoms with Crippen molar-refractivity contribution in [3.8, 4) is 0 Å². The number of carbonyl (C=O) groups excluding carboxylic acids is 2. The van der Waals surface area contributed by atoms with Crippen LogP contribution in [0.1, 0.15) is 194 Å². The molecular formula is C47H85O13P. The fourth-order valence-corrected chi connectivity index (χ4v) is 8.09. The van der Waals surface area contributed by atoms with Crippen molar-refractivity contribution < 1.29 is 63.1 Å². The topological polar surface area (TPSA) is 210 Å². The minimum absolute atomic E-state index is 0.0963. The van der Waals surface area contributed by atoms with Gasteiger partial charge in [0.05, 0.1) is 6.61 Å². The lowest BCUT2D eigenvalue weighted by atomic mass is 9.85. The highest BCUT2D eigenvalue weighted by molar-refractivity contribution is 7.47. The first-order valence-electron chi connectivity index (χ1n) is 23.8. The molecule has 0 aromatic rings. The van der Waals surface area contributed by atoms with Gasteiger partial charge in [0.2, 0.25) is 0 Å². The molecule has 0 saturated heterocycles. The minimum Gasteiger partial charge on any atom is -0.462 e. The molecular weight excluding hydrogens is 803 g/mol. The number of hydrogen-bond donors (Lipinski definition) is 6. The summed E-state index contributed by atoms with van der Waals surface area (Å²) in [6.45, 7) is 3.26. The number of carbonyl (C=O) groups is 2. The highest BCUT2D eigenvalue weighted by atomic mass is 31.2. The maximum Gasteiger partial charge on any atom is 0.472 e. The Kier molecular flexibility index (Phi) is 35.0. The van der Waals surface area contributed by atoms with E-state index in [1.54, 1.807) is 0 Å². The van der Waals surface area contributed by atoms with Crippen molar-refractivity contribution in [3.05, 3.63) is 36.5 Å². The van der Waals surface area contributed by atoms with E-state index in [0.717, 1.165) is 77.0 Å². The van der Waals surface area contributed by atoms with Gasteiger partial charge in [0.15, 0.2) is 6.10 Å². The van der Waals surface area contributed by atoms with Crippen LogP contribution in [0.4, 0.5) is 0 Å². The molecule has 0 heterocycles. The summed E-state index contributed by atoms with van der Waals surface area (Å²) in [5, 5.41) is 50.1. The van der Waals surface area contributed by atoms with Crippen LogP contribution in [0.15, 0.2) is 36.5 Å². The first-order valence-corrected chi connectivity index (χ1v) is 25.3. The van der Waals surface area contributed by atoms with Gasteiger partial charge in [-0.05, 0) is 51.4 Å². The van der Waals surface area contributed by atoms with Gasteiger partial charge < -0.3 is 39.9 Å². The van der Waals surface area contributed by atoms with Crippen LogP contribution in [-0.2, 0) is 32.7 Å². The van der Waals surface area contributed by atoms with Crippen molar-refractivity contribution in [2.24, 2.45) is 0 Å². The van der Waals surface area contributed by atoms with Gasteiger partial charge in [-0.15, -0.1) is 0 Å². The van der Waals surface area contributed by atoms with Gasteiger partial charge in [0.1, 0.15) is 43.2 Å². The number of hydrogen-bond acceptors (Lipinski definition) is 12. The van der Waals surface area contributed by atoms with E-state index in [9.17, 15) is 44.6 Å². The summed E-state index contributed by atoms with van der Waals surface area (Å²) in [6, 6.07) is 0. The third-order valence-corrected chi connectivity index (χ3v) is 12.0. The van der Waals surface area contributed by atoms with E-state index in [-0.39, 0.29) is 12.8 Å². The van der Waals surface area contributed by atoms with Crippen molar-refractivity contribution in [3.63, 3.8) is 0 Å². The minimum atomic E-state index is -5.12. The number of esters is 2. The first-order chi connectivity index (χ1) is 29.4. The average molecular weight is 889 g/mol. The summed E-state index contributed by atoms with van der Waals surface area (Å²) in [7, 11) is -5.12. The zero-order valence-electron chi connectivity index (χ0n) is 37.7. The van der Waals surface area contributed by atoms with E-state index in [1.807, 2.05) is 0 Å². The Labute approximate surface area is 368 Å². The molecule has 0 amide bonds. The normalized spacial score (nSPS) is 22.3. The van der Waals surface area contributed by atoms with Gasteiger partial charge in [-0.25, -0.2) is 4.57 Å². The molecule has 0 aromatic carbocycles. The number of allylic oxidation sites excluding steroid dienone is 6. The second-order valence-corrected chi connectivity index (χ2v) is 18.0. The lowest BCUT2D eigenvalue weighted by Gasteiger charge is -2.41. The Balaban J connectivity index is 2.44. The molecule has 14 heteroatoms. The highest BCUT2D eigenvalue weighted by Crippen LogP contribution is 2.47. The largest absolute Gasteiger partial charge is 0.472 e. The number of unbranched alkanes of at least 4 members (excludes halogenated alkanes) is 21. The molecule has 8 atom stereocenters. The maximum absolute atomic E-state index is 12.8. The summed E-state index contributed by atoms with van der Waals surface area (Å²) in [6.07, 6.45) is 29.1. The van der Waals surface area contributed by atoms with Crippen LogP contribution in [0.2, 0.25) is 0 Å². The van der Waals surface area contributed by atoms with E-state index < -0.39 is 75.7 Å². The van der Waals surface area contributed by atoms with Gasteiger partial charge in [-0.3, -0.25) is 18.6 Å². The lowest BCUT2D eigenvalue weighted by molar-refractivity contribution is -0.220. The van der Waals surface area contributed by atoms with Gasteiger partial charge >= 0.3 is 19.8 Å². The van der Waals surface area contributed by atoms with E-state index in [1.165, 1.54) is 77.0 Å². The summed E-state index contributed by atoms with van der Waals surface area (Å²) >= 11 is 0. The molecule has 1 aliphatic carbocycles. The Morgan fingerprint density at radius 3 is 1.38 bits per heavy atom. The Morgan fingerprint density at radius 1 is 0.508 bits per heavy atom. The van der Waals surface area contributed by atoms with Crippen molar-refractivity contribution in [2.75, 3.05) is 13.2 Å². The molecule has 61 heavy (non-hydrogen) atoms. The second kappa shape index (κ2) is 37.4. The maximum atomic E-state index is 12.8. The van der Waals surface area contributed by atoms with Crippen molar-refractivity contribution in [1.29, 1.82) is 0 Å². The van der Waals surface area contributed by atoms with Crippen LogP contribution in [-0.4, -0.2) is 98.3 Å². The van der Waals surface area contributed by atoms with Crippen molar-refractivity contribution >= 4 is 19.8 Å². The fourth-order valence-electron chi connectivity index (χ4n) is 7.12. The van der Waals surface area contributed by atoms with Crippen LogP contribution < -0.4 is 0 Å². The highest BCUT2D eigenvalue weighted by Gasteiger charge is 2.51. The molecule has 1 fully saturated rings. The second-order valence-electron chi connectivity index (χ2n) is 16.6. The molecule has 1 saturated carbocycles. The Hall–Kier alpha value is -1.93. The fraction of sp³-hybridized carbons (Fsp3) is 0.830. The van der Waals surface area contributed by atoms with E-state index in [4.69, 9.17) is 18.5 Å². The number of phosphoric acid groups is 1. The molecule has 6 N–H and O–H groups in total. The molecule has 0 aliphatic heterocycles. The average Bonchev–Trinajstić information content (AvgIpc) is 3.24. The van der Waals surface area contributed by atoms with Gasteiger partial charge in [0.25, 0.3) is 0 Å². The quantitative estimate of drug-likeness (QED) is 0.0147. The van der Waals surface area contributed by atoms with Crippen molar-refractivity contribution in [1.82, 2.24) is 0 Å².